The Hall–Kier alpha value is -1.83. The summed E-state index contributed by atoms with van der Waals surface area (Å²) >= 11 is 0. The van der Waals surface area contributed by atoms with Crippen LogP contribution in [-0.2, 0) is 16.0 Å². The van der Waals surface area contributed by atoms with Crippen molar-refractivity contribution in [3.05, 3.63) is 53.1 Å². The Labute approximate surface area is 108 Å². The maximum Gasteiger partial charge on any atom is 0.331 e. The largest absolute Gasteiger partial charge is 0.457 e. The van der Waals surface area contributed by atoms with Gasteiger partial charge in [-0.25, -0.2) is 4.79 Å². The molecule has 0 atom stereocenters. The first-order valence-corrected chi connectivity index (χ1v) is 6.13. The van der Waals surface area contributed by atoms with Crippen molar-refractivity contribution in [2.24, 2.45) is 0 Å². The zero-order valence-corrected chi connectivity index (χ0v) is 11.1. The number of benzene rings is 1. The van der Waals surface area contributed by atoms with Crippen molar-refractivity contribution in [2.75, 3.05) is 0 Å². The summed E-state index contributed by atoms with van der Waals surface area (Å²) < 4.78 is 5.28. The lowest BCUT2D eigenvalue weighted by atomic mass is 9.94. The van der Waals surface area contributed by atoms with E-state index in [1.807, 2.05) is 45.1 Å². The van der Waals surface area contributed by atoms with E-state index in [1.54, 1.807) is 6.08 Å². The molecule has 0 unspecified atom stereocenters. The lowest BCUT2D eigenvalue weighted by molar-refractivity contribution is -0.148. The number of carbonyl (C=O) groups excluding carboxylic acids is 1. The van der Waals surface area contributed by atoms with Gasteiger partial charge in [-0.1, -0.05) is 36.4 Å². The predicted octanol–water partition coefficient (Wildman–Crippen LogP) is 3.52. The highest BCUT2D eigenvalue weighted by Gasteiger charge is 2.15. The normalized spacial score (nSPS) is 16.5. The molecular formula is C16H18O2. The second-order valence-corrected chi connectivity index (χ2v) is 5.46. The van der Waals surface area contributed by atoms with E-state index in [1.165, 1.54) is 11.1 Å². The number of fused-ring (bicyclic) bond motifs is 1. The van der Waals surface area contributed by atoms with Gasteiger partial charge in [0.05, 0.1) is 0 Å². The molecule has 0 amide bonds. The molecule has 1 aliphatic rings. The molecule has 0 aromatic heterocycles. The fourth-order valence-corrected chi connectivity index (χ4v) is 1.92. The predicted molar refractivity (Wildman–Crippen MR) is 73.1 cm³/mol. The lowest BCUT2D eigenvalue weighted by Gasteiger charge is -2.19. The van der Waals surface area contributed by atoms with Gasteiger partial charge in [-0.05, 0) is 43.9 Å². The average Bonchev–Trinajstić information content (AvgIpc) is 2.26. The SMILES string of the molecule is CC(C)(C)OC(=O)C=C1C=Cc2ccccc2C1. The molecule has 0 fully saturated rings. The van der Waals surface area contributed by atoms with Gasteiger partial charge < -0.3 is 4.74 Å². The highest BCUT2D eigenvalue weighted by molar-refractivity contribution is 5.84. The quantitative estimate of drug-likeness (QED) is 0.556. The Morgan fingerprint density at radius 1 is 1.22 bits per heavy atom. The van der Waals surface area contributed by atoms with Crippen LogP contribution in [0.25, 0.3) is 6.08 Å². The van der Waals surface area contributed by atoms with Gasteiger partial charge in [-0.2, -0.15) is 0 Å². The van der Waals surface area contributed by atoms with Crippen molar-refractivity contribution in [1.29, 1.82) is 0 Å². The van der Waals surface area contributed by atoms with Gasteiger partial charge in [-0.3, -0.25) is 0 Å². The van der Waals surface area contributed by atoms with E-state index in [4.69, 9.17) is 4.74 Å². The van der Waals surface area contributed by atoms with Gasteiger partial charge in [0, 0.05) is 6.08 Å². The topological polar surface area (TPSA) is 26.3 Å². The number of hydrogen-bond donors (Lipinski definition) is 0. The van der Waals surface area contributed by atoms with Gasteiger partial charge in [-0.15, -0.1) is 0 Å². The Morgan fingerprint density at radius 2 is 1.94 bits per heavy atom. The van der Waals surface area contributed by atoms with E-state index in [0.29, 0.717) is 0 Å². The number of rotatable bonds is 1. The van der Waals surface area contributed by atoms with Crippen molar-refractivity contribution in [3.63, 3.8) is 0 Å². The molecule has 0 saturated carbocycles. The van der Waals surface area contributed by atoms with Crippen molar-refractivity contribution >= 4 is 12.0 Å². The lowest BCUT2D eigenvalue weighted by Crippen LogP contribution is -2.22. The molecule has 2 heteroatoms. The van der Waals surface area contributed by atoms with Crippen LogP contribution in [0, 0.1) is 0 Å². The van der Waals surface area contributed by atoms with E-state index in [0.717, 1.165) is 12.0 Å². The van der Waals surface area contributed by atoms with E-state index < -0.39 is 5.60 Å². The fraction of sp³-hybridized carbons (Fsp3) is 0.312. The first-order valence-electron chi connectivity index (χ1n) is 6.13. The molecule has 2 rings (SSSR count). The number of ether oxygens (including phenoxy) is 1. The van der Waals surface area contributed by atoms with Crippen LogP contribution < -0.4 is 0 Å². The van der Waals surface area contributed by atoms with Crippen LogP contribution in [0.1, 0.15) is 31.9 Å². The monoisotopic (exact) mass is 242 g/mol. The Kier molecular flexibility index (Phi) is 3.37. The molecule has 18 heavy (non-hydrogen) atoms. The Morgan fingerprint density at radius 3 is 2.67 bits per heavy atom. The van der Waals surface area contributed by atoms with Gasteiger partial charge in [0.1, 0.15) is 5.60 Å². The van der Waals surface area contributed by atoms with Crippen molar-refractivity contribution in [1.82, 2.24) is 0 Å². The number of allylic oxidation sites excluding steroid dienone is 2. The summed E-state index contributed by atoms with van der Waals surface area (Å²) in [6, 6.07) is 8.20. The summed E-state index contributed by atoms with van der Waals surface area (Å²) in [5.41, 5.74) is 3.02. The first kappa shape index (κ1) is 12.6. The van der Waals surface area contributed by atoms with Crippen molar-refractivity contribution < 1.29 is 9.53 Å². The average molecular weight is 242 g/mol. The standard InChI is InChI=1S/C16H18O2/c1-16(2,3)18-15(17)11-12-8-9-13-6-4-5-7-14(13)10-12/h4-9,11H,10H2,1-3H3. The van der Waals surface area contributed by atoms with Crippen LogP contribution in [0.3, 0.4) is 0 Å². The second kappa shape index (κ2) is 4.81. The maximum atomic E-state index is 11.7. The van der Waals surface area contributed by atoms with E-state index in [2.05, 4.69) is 12.1 Å². The van der Waals surface area contributed by atoms with Gasteiger partial charge in [0.15, 0.2) is 0 Å². The summed E-state index contributed by atoms with van der Waals surface area (Å²) in [5, 5.41) is 0. The fourth-order valence-electron chi connectivity index (χ4n) is 1.92. The molecule has 94 valence electrons. The highest BCUT2D eigenvalue weighted by Crippen LogP contribution is 2.22. The van der Waals surface area contributed by atoms with Gasteiger partial charge in [0.25, 0.3) is 0 Å². The van der Waals surface area contributed by atoms with E-state index >= 15 is 0 Å². The molecule has 1 aromatic rings. The van der Waals surface area contributed by atoms with Crippen LogP contribution in [0.15, 0.2) is 42.0 Å². The molecule has 0 bridgehead atoms. The van der Waals surface area contributed by atoms with Gasteiger partial charge >= 0.3 is 5.97 Å². The van der Waals surface area contributed by atoms with Crippen LogP contribution >= 0.6 is 0 Å². The summed E-state index contributed by atoms with van der Waals surface area (Å²) in [6.07, 6.45) is 6.38. The number of hydrogen-bond acceptors (Lipinski definition) is 2. The molecule has 0 N–H and O–H groups in total. The second-order valence-electron chi connectivity index (χ2n) is 5.46. The summed E-state index contributed by atoms with van der Waals surface area (Å²) in [4.78, 5) is 11.7. The van der Waals surface area contributed by atoms with Crippen LogP contribution in [-0.4, -0.2) is 11.6 Å². The van der Waals surface area contributed by atoms with E-state index in [-0.39, 0.29) is 5.97 Å². The Balaban J connectivity index is 2.12. The number of esters is 1. The molecule has 0 spiro atoms. The van der Waals surface area contributed by atoms with Gasteiger partial charge in [0.2, 0.25) is 0 Å². The van der Waals surface area contributed by atoms with Crippen molar-refractivity contribution in [3.8, 4) is 0 Å². The summed E-state index contributed by atoms with van der Waals surface area (Å²) in [6.45, 7) is 5.61. The molecule has 0 aliphatic heterocycles. The van der Waals surface area contributed by atoms with Crippen LogP contribution in [0.4, 0.5) is 0 Å². The minimum atomic E-state index is -0.440. The molecular weight excluding hydrogens is 224 g/mol. The zero-order chi connectivity index (χ0) is 13.2. The smallest absolute Gasteiger partial charge is 0.331 e. The first-order chi connectivity index (χ1) is 8.44. The maximum absolute atomic E-state index is 11.7. The third-order valence-electron chi connectivity index (χ3n) is 2.64. The summed E-state index contributed by atoms with van der Waals surface area (Å²) in [7, 11) is 0. The molecule has 0 radical (unpaired) electrons. The summed E-state index contributed by atoms with van der Waals surface area (Å²) in [5.74, 6) is -0.276. The molecule has 2 nitrogen and oxygen atoms in total. The van der Waals surface area contributed by atoms with Crippen molar-refractivity contribution in [2.45, 2.75) is 32.8 Å². The molecule has 1 aromatic carbocycles. The molecule has 1 aliphatic carbocycles. The van der Waals surface area contributed by atoms with Crippen LogP contribution in [0.2, 0.25) is 0 Å². The third kappa shape index (κ3) is 3.33. The Bertz CT molecular complexity index is 516. The van der Waals surface area contributed by atoms with Crippen LogP contribution in [0.5, 0.6) is 0 Å². The number of carbonyl (C=O) groups is 1. The minimum absolute atomic E-state index is 0.276. The minimum Gasteiger partial charge on any atom is -0.457 e. The molecule has 0 heterocycles. The highest BCUT2D eigenvalue weighted by atomic mass is 16.6. The van der Waals surface area contributed by atoms with E-state index in [9.17, 15) is 4.79 Å². The molecule has 0 saturated heterocycles. The third-order valence-corrected chi connectivity index (χ3v) is 2.64. The zero-order valence-electron chi connectivity index (χ0n) is 11.1.